The number of Topliss-reactive ketones (excluding diaryl/α,β-unsaturated/α-hetero) is 1. The minimum atomic E-state index is 0.350. The standard InChI is InChI=1S/C27H30N2O/c28-19-22-8-3-6-20(16-22)13-14-25(30)18-21-7-4-10-24(17-21)27-26-12-2-1-9-23(26)11-5-15-29-27/h2-3,5-6,8,12,15-16,21,24H,1,4,7,9-11,13-14,17-18H2/t21-,24?/m1/s1. The van der Waals surface area contributed by atoms with E-state index in [0.29, 0.717) is 36.0 Å². The van der Waals surface area contributed by atoms with Crippen molar-refractivity contribution in [2.45, 2.75) is 64.2 Å². The number of allylic oxidation sites excluding steroid dienone is 5. The summed E-state index contributed by atoms with van der Waals surface area (Å²) in [4.78, 5) is 17.5. The maximum atomic E-state index is 12.7. The number of hydrogen-bond donors (Lipinski definition) is 0. The summed E-state index contributed by atoms with van der Waals surface area (Å²) in [6.45, 7) is 0. The zero-order chi connectivity index (χ0) is 20.8. The molecule has 2 atom stereocenters. The van der Waals surface area contributed by atoms with Crippen LogP contribution in [0, 0.1) is 23.2 Å². The number of carbonyl (C=O) groups excluding carboxylic acids is 1. The van der Waals surface area contributed by atoms with Crippen LogP contribution in [0.25, 0.3) is 0 Å². The maximum absolute atomic E-state index is 12.7. The van der Waals surface area contributed by atoms with Gasteiger partial charge >= 0.3 is 0 Å². The van der Waals surface area contributed by atoms with Crippen LogP contribution in [0.2, 0.25) is 0 Å². The Balaban J connectivity index is 1.35. The monoisotopic (exact) mass is 398 g/mol. The quantitative estimate of drug-likeness (QED) is 0.568. The summed E-state index contributed by atoms with van der Waals surface area (Å²) in [7, 11) is 0. The van der Waals surface area contributed by atoms with Gasteiger partial charge in [0.1, 0.15) is 5.78 Å². The summed E-state index contributed by atoms with van der Waals surface area (Å²) in [5.41, 5.74) is 5.91. The minimum absolute atomic E-state index is 0.350. The summed E-state index contributed by atoms with van der Waals surface area (Å²) in [6.07, 6.45) is 18.6. The van der Waals surface area contributed by atoms with Crippen molar-refractivity contribution >= 4 is 11.5 Å². The molecule has 2 aliphatic carbocycles. The highest BCUT2D eigenvalue weighted by Crippen LogP contribution is 2.37. The van der Waals surface area contributed by atoms with Crippen molar-refractivity contribution < 1.29 is 4.79 Å². The summed E-state index contributed by atoms with van der Waals surface area (Å²) < 4.78 is 0. The zero-order valence-electron chi connectivity index (χ0n) is 17.6. The SMILES string of the molecule is N#Cc1cccc(CCC(=O)C[C@@H]2CCCC(C3=NC=CCC4=C3C=CCC4)C2)c1. The van der Waals surface area contributed by atoms with Gasteiger partial charge in [0.15, 0.2) is 0 Å². The Hall–Kier alpha value is -2.73. The molecule has 3 aliphatic rings. The molecule has 4 rings (SSSR count). The smallest absolute Gasteiger partial charge is 0.133 e. The molecular weight excluding hydrogens is 368 g/mol. The predicted octanol–water partition coefficient (Wildman–Crippen LogP) is 6.26. The average Bonchev–Trinajstić information content (AvgIpc) is 3.01. The number of rotatable bonds is 6. The number of aryl methyl sites for hydroxylation is 1. The molecule has 0 aromatic heterocycles. The molecule has 0 bridgehead atoms. The van der Waals surface area contributed by atoms with Crippen molar-refractivity contribution in [1.82, 2.24) is 0 Å². The van der Waals surface area contributed by atoms with Crippen molar-refractivity contribution in [2.75, 3.05) is 0 Å². The fourth-order valence-electron chi connectivity index (χ4n) is 5.14. The van der Waals surface area contributed by atoms with Gasteiger partial charge < -0.3 is 0 Å². The van der Waals surface area contributed by atoms with Crippen LogP contribution in [0.4, 0.5) is 0 Å². The third kappa shape index (κ3) is 5.05. The largest absolute Gasteiger partial charge is 0.300 e. The fourth-order valence-corrected chi connectivity index (χ4v) is 5.14. The van der Waals surface area contributed by atoms with E-state index >= 15 is 0 Å². The second-order valence-electron chi connectivity index (χ2n) is 8.85. The highest BCUT2D eigenvalue weighted by Gasteiger charge is 2.29. The number of ketones is 1. The minimum Gasteiger partial charge on any atom is -0.300 e. The first kappa shape index (κ1) is 20.5. The molecule has 1 aromatic carbocycles. The Labute approximate surface area is 179 Å². The molecule has 1 unspecified atom stereocenters. The molecule has 0 amide bonds. The summed E-state index contributed by atoms with van der Waals surface area (Å²) >= 11 is 0. The van der Waals surface area contributed by atoms with Crippen LogP contribution in [-0.2, 0) is 11.2 Å². The van der Waals surface area contributed by atoms with Crippen LogP contribution in [0.3, 0.4) is 0 Å². The second-order valence-corrected chi connectivity index (χ2v) is 8.85. The van der Waals surface area contributed by atoms with E-state index < -0.39 is 0 Å². The summed E-state index contributed by atoms with van der Waals surface area (Å²) in [5.74, 6) is 1.29. The van der Waals surface area contributed by atoms with Crippen LogP contribution in [0.1, 0.15) is 68.9 Å². The van der Waals surface area contributed by atoms with Gasteiger partial charge in [0, 0.05) is 25.0 Å². The Morgan fingerprint density at radius 1 is 1.23 bits per heavy atom. The van der Waals surface area contributed by atoms with E-state index in [1.54, 1.807) is 6.07 Å². The molecule has 0 N–H and O–H groups in total. The Morgan fingerprint density at radius 3 is 3.07 bits per heavy atom. The van der Waals surface area contributed by atoms with E-state index in [2.05, 4.69) is 24.3 Å². The van der Waals surface area contributed by atoms with Crippen molar-refractivity contribution in [3.63, 3.8) is 0 Å². The number of hydrogen-bond acceptors (Lipinski definition) is 3. The molecule has 1 heterocycles. The molecular formula is C27H30N2O. The van der Waals surface area contributed by atoms with Crippen molar-refractivity contribution in [1.29, 1.82) is 5.26 Å². The summed E-state index contributed by atoms with van der Waals surface area (Å²) in [5, 5.41) is 9.04. The molecule has 3 nitrogen and oxygen atoms in total. The number of carbonyl (C=O) groups is 1. The first-order valence-corrected chi connectivity index (χ1v) is 11.4. The van der Waals surface area contributed by atoms with Gasteiger partial charge in [-0.2, -0.15) is 5.26 Å². The number of nitriles is 1. The van der Waals surface area contributed by atoms with E-state index in [9.17, 15) is 4.79 Å². The number of benzene rings is 1. The van der Waals surface area contributed by atoms with Gasteiger partial charge in [0.05, 0.1) is 17.3 Å². The molecule has 0 radical (unpaired) electrons. The number of nitrogens with zero attached hydrogens (tertiary/aromatic N) is 2. The lowest BCUT2D eigenvalue weighted by Crippen LogP contribution is -2.26. The Bertz CT molecular complexity index is 957. The topological polar surface area (TPSA) is 53.2 Å². The second kappa shape index (κ2) is 9.85. The molecule has 0 saturated heterocycles. The Kier molecular flexibility index (Phi) is 6.74. The average molecular weight is 399 g/mol. The van der Waals surface area contributed by atoms with Gasteiger partial charge in [-0.05, 0) is 74.1 Å². The third-order valence-electron chi connectivity index (χ3n) is 6.67. The molecule has 1 aromatic rings. The number of aliphatic imine (C=N–C) groups is 1. The molecule has 1 aliphatic heterocycles. The molecule has 1 fully saturated rings. The zero-order valence-corrected chi connectivity index (χ0v) is 17.6. The Morgan fingerprint density at radius 2 is 2.17 bits per heavy atom. The van der Waals surface area contributed by atoms with Crippen LogP contribution in [0.15, 0.2) is 64.8 Å². The lowest BCUT2D eigenvalue weighted by molar-refractivity contribution is -0.120. The van der Waals surface area contributed by atoms with E-state index in [-0.39, 0.29) is 0 Å². The highest BCUT2D eigenvalue weighted by atomic mass is 16.1. The van der Waals surface area contributed by atoms with Crippen LogP contribution in [-0.4, -0.2) is 11.5 Å². The van der Waals surface area contributed by atoms with E-state index in [1.165, 1.54) is 29.7 Å². The van der Waals surface area contributed by atoms with Crippen LogP contribution >= 0.6 is 0 Å². The predicted molar refractivity (Wildman–Crippen MR) is 121 cm³/mol. The first-order chi connectivity index (χ1) is 14.7. The maximum Gasteiger partial charge on any atom is 0.133 e. The lowest BCUT2D eigenvalue weighted by Gasteiger charge is -2.31. The van der Waals surface area contributed by atoms with Crippen molar-refractivity contribution in [2.24, 2.45) is 16.8 Å². The van der Waals surface area contributed by atoms with Gasteiger partial charge in [-0.3, -0.25) is 9.79 Å². The molecule has 0 spiro atoms. The van der Waals surface area contributed by atoms with Gasteiger partial charge in [0.2, 0.25) is 0 Å². The van der Waals surface area contributed by atoms with E-state index in [4.69, 9.17) is 10.3 Å². The molecule has 154 valence electrons. The third-order valence-corrected chi connectivity index (χ3v) is 6.67. The van der Waals surface area contributed by atoms with Crippen molar-refractivity contribution in [3.8, 4) is 6.07 Å². The van der Waals surface area contributed by atoms with Gasteiger partial charge in [0.25, 0.3) is 0 Å². The van der Waals surface area contributed by atoms with Crippen LogP contribution in [0.5, 0.6) is 0 Å². The summed E-state index contributed by atoms with van der Waals surface area (Å²) in [6, 6.07) is 9.77. The van der Waals surface area contributed by atoms with Gasteiger partial charge in [-0.25, -0.2) is 0 Å². The van der Waals surface area contributed by atoms with E-state index in [1.807, 2.05) is 24.4 Å². The van der Waals surface area contributed by atoms with Gasteiger partial charge in [-0.15, -0.1) is 0 Å². The highest BCUT2D eigenvalue weighted by molar-refractivity contribution is 6.05. The fraction of sp³-hybridized carbons (Fsp3) is 0.444. The van der Waals surface area contributed by atoms with Crippen molar-refractivity contribution in [3.05, 3.63) is 71.0 Å². The lowest BCUT2D eigenvalue weighted by atomic mass is 9.74. The van der Waals surface area contributed by atoms with Crippen LogP contribution < -0.4 is 0 Å². The molecule has 30 heavy (non-hydrogen) atoms. The molecule has 3 heteroatoms. The normalized spacial score (nSPS) is 23.4. The first-order valence-electron chi connectivity index (χ1n) is 11.4. The molecule has 1 saturated carbocycles. The van der Waals surface area contributed by atoms with Gasteiger partial charge in [-0.1, -0.05) is 42.4 Å². The van der Waals surface area contributed by atoms with E-state index in [0.717, 1.165) is 44.1 Å².